The number of amides is 2. The number of carbonyl (C=O) groups excluding carboxylic acids is 2. The molecule has 0 radical (unpaired) electrons. The third-order valence-electron chi connectivity index (χ3n) is 4.68. The molecule has 3 aromatic heterocycles. The van der Waals surface area contributed by atoms with Crippen LogP contribution in [0.4, 0.5) is 10.6 Å². The van der Waals surface area contributed by atoms with Gasteiger partial charge in [0, 0.05) is 10.4 Å². The molecule has 4 rings (SSSR count). The zero-order valence-corrected chi connectivity index (χ0v) is 17.7. The van der Waals surface area contributed by atoms with Gasteiger partial charge in [-0.2, -0.15) is 5.10 Å². The van der Waals surface area contributed by atoms with Gasteiger partial charge in [0.1, 0.15) is 17.6 Å². The Labute approximate surface area is 180 Å². The molecule has 0 unspecified atom stereocenters. The quantitative estimate of drug-likeness (QED) is 0.416. The Bertz CT molecular complexity index is 1310. The predicted molar refractivity (Wildman–Crippen MR) is 117 cm³/mol. The molecule has 0 bridgehead atoms. The van der Waals surface area contributed by atoms with Crippen molar-refractivity contribution in [3.05, 3.63) is 41.9 Å². The van der Waals surface area contributed by atoms with E-state index in [2.05, 4.69) is 32.3 Å². The molecule has 10 nitrogen and oxygen atoms in total. The topological polar surface area (TPSA) is 147 Å². The van der Waals surface area contributed by atoms with Crippen LogP contribution in [0, 0.1) is 6.92 Å². The number of aromatic nitrogens is 3. The molecule has 0 aliphatic rings. The average Bonchev–Trinajstić information content (AvgIpc) is 3.32. The van der Waals surface area contributed by atoms with Crippen molar-refractivity contribution < 1.29 is 19.1 Å². The zero-order chi connectivity index (χ0) is 22.1. The van der Waals surface area contributed by atoms with Gasteiger partial charge in [-0.25, -0.2) is 14.3 Å². The average molecular weight is 440 g/mol. The Balaban J connectivity index is 1.74. The van der Waals surface area contributed by atoms with E-state index in [1.165, 1.54) is 6.33 Å². The molecule has 2 amide bonds. The van der Waals surface area contributed by atoms with Gasteiger partial charge >= 0.3 is 6.09 Å². The van der Waals surface area contributed by atoms with Gasteiger partial charge in [-0.15, -0.1) is 11.3 Å². The Morgan fingerprint density at radius 1 is 1.26 bits per heavy atom. The van der Waals surface area contributed by atoms with Crippen LogP contribution >= 0.6 is 11.3 Å². The Morgan fingerprint density at radius 2 is 2.06 bits per heavy atom. The third-order valence-corrected chi connectivity index (χ3v) is 5.88. The first-order chi connectivity index (χ1) is 14.9. The van der Waals surface area contributed by atoms with Gasteiger partial charge in [-0.1, -0.05) is 6.07 Å². The number of hydrogen-bond donors (Lipinski definition) is 3. The van der Waals surface area contributed by atoms with E-state index in [0.717, 1.165) is 31.8 Å². The molecular formula is C20H20N6O4S. The van der Waals surface area contributed by atoms with Crippen LogP contribution in [-0.4, -0.2) is 40.3 Å². The maximum Gasteiger partial charge on any atom is 0.405 e. The van der Waals surface area contributed by atoms with Crippen LogP contribution in [0.3, 0.4) is 0 Å². The number of nitrogens with two attached hydrogens (primary N) is 2. The lowest BCUT2D eigenvalue weighted by molar-refractivity contribution is -0.124. The maximum absolute atomic E-state index is 11.9. The number of carbonyl (C=O) groups is 2. The number of primary amides is 1. The molecule has 0 aliphatic carbocycles. The van der Waals surface area contributed by atoms with Gasteiger partial charge in [0.25, 0.3) is 5.91 Å². The van der Waals surface area contributed by atoms with Crippen LogP contribution in [0.15, 0.2) is 30.6 Å². The van der Waals surface area contributed by atoms with Crippen LogP contribution in [0.2, 0.25) is 0 Å². The van der Waals surface area contributed by atoms with E-state index in [1.807, 2.05) is 19.1 Å². The molecule has 4 aromatic rings. The second-order valence-electron chi connectivity index (χ2n) is 6.84. The molecule has 1 aromatic carbocycles. The summed E-state index contributed by atoms with van der Waals surface area (Å²) in [4.78, 5) is 27.7. The summed E-state index contributed by atoms with van der Waals surface area (Å²) < 4.78 is 12.7. The highest BCUT2D eigenvalue weighted by molar-refractivity contribution is 7.22. The van der Waals surface area contributed by atoms with Crippen molar-refractivity contribution in [1.82, 2.24) is 19.9 Å². The van der Waals surface area contributed by atoms with Gasteiger partial charge in [0.15, 0.2) is 12.4 Å². The molecule has 0 saturated heterocycles. The van der Waals surface area contributed by atoms with Crippen LogP contribution in [-0.2, 0) is 16.1 Å². The molecular weight excluding hydrogens is 420 g/mol. The summed E-state index contributed by atoms with van der Waals surface area (Å²) in [7, 11) is 1.65. The fourth-order valence-electron chi connectivity index (χ4n) is 3.37. The lowest BCUT2D eigenvalue weighted by atomic mass is 10.1. The van der Waals surface area contributed by atoms with E-state index in [4.69, 9.17) is 16.2 Å². The minimum absolute atomic E-state index is 0.145. The molecule has 31 heavy (non-hydrogen) atoms. The van der Waals surface area contributed by atoms with Gasteiger partial charge in [0.2, 0.25) is 0 Å². The second-order valence-corrected chi connectivity index (χ2v) is 7.89. The molecule has 11 heteroatoms. The highest BCUT2D eigenvalue weighted by Crippen LogP contribution is 2.42. The minimum Gasteiger partial charge on any atom is -0.495 e. The van der Waals surface area contributed by atoms with Crippen LogP contribution in [0.5, 0.6) is 5.75 Å². The van der Waals surface area contributed by atoms with E-state index in [0.29, 0.717) is 17.0 Å². The van der Waals surface area contributed by atoms with Crippen molar-refractivity contribution in [1.29, 1.82) is 0 Å². The Hall–Kier alpha value is -3.86. The minimum atomic E-state index is -1.01. The number of benzene rings is 1. The van der Waals surface area contributed by atoms with Gasteiger partial charge in [-0.05, 0) is 36.1 Å². The first-order valence-corrected chi connectivity index (χ1v) is 10.1. The maximum atomic E-state index is 11.9. The summed E-state index contributed by atoms with van der Waals surface area (Å²) in [5.74, 6) is 0.639. The molecule has 0 aliphatic heterocycles. The molecule has 0 saturated carbocycles. The fourth-order valence-corrected chi connectivity index (χ4v) is 4.52. The van der Waals surface area contributed by atoms with Crippen LogP contribution < -0.4 is 21.5 Å². The van der Waals surface area contributed by atoms with Crippen molar-refractivity contribution in [2.24, 2.45) is 5.73 Å². The van der Waals surface area contributed by atoms with E-state index < -0.39 is 18.6 Å². The van der Waals surface area contributed by atoms with Gasteiger partial charge in [0.05, 0.1) is 24.0 Å². The number of nitrogens with zero attached hydrogens (tertiary/aromatic N) is 3. The fraction of sp³-hybridized carbons (Fsp3) is 0.200. The number of nitrogens with one attached hydrogen (secondary N) is 1. The van der Waals surface area contributed by atoms with Crippen LogP contribution in [0.1, 0.15) is 11.3 Å². The van der Waals surface area contributed by atoms with E-state index in [9.17, 15) is 9.59 Å². The largest absolute Gasteiger partial charge is 0.495 e. The highest BCUT2D eigenvalue weighted by atomic mass is 32.1. The predicted octanol–water partition coefficient (Wildman–Crippen LogP) is 2.22. The Kier molecular flexibility index (Phi) is 5.34. The van der Waals surface area contributed by atoms with Crippen LogP contribution in [0.25, 0.3) is 26.0 Å². The van der Waals surface area contributed by atoms with E-state index in [1.54, 1.807) is 23.0 Å². The van der Waals surface area contributed by atoms with E-state index in [-0.39, 0.29) is 6.54 Å². The number of hydrogen-bond acceptors (Lipinski definition) is 8. The number of ether oxygens (including phenoxy) is 2. The zero-order valence-electron chi connectivity index (χ0n) is 16.8. The summed E-state index contributed by atoms with van der Waals surface area (Å²) >= 11 is 1.57. The molecule has 0 spiro atoms. The number of methoxy groups -OCH3 is 1. The number of thiophene rings is 1. The third kappa shape index (κ3) is 3.94. The molecule has 3 heterocycles. The summed E-state index contributed by atoms with van der Waals surface area (Å²) in [6, 6.07) is 8.06. The van der Waals surface area contributed by atoms with Gasteiger partial charge in [-0.3, -0.25) is 4.79 Å². The summed E-state index contributed by atoms with van der Waals surface area (Å²) in [6.07, 6.45) is 0.340. The number of anilines is 1. The molecule has 5 N–H and O–H groups in total. The number of fused-ring (bicyclic) bond motifs is 2. The lowest BCUT2D eigenvalue weighted by Gasteiger charge is -2.05. The SMILES string of the molecule is COc1cc(C)cc2cc(-c3cc(CNC(=O)COC(N)=O)n4ncnc(N)c34)sc12. The first-order valence-electron chi connectivity index (χ1n) is 9.26. The normalized spacial score (nSPS) is 11.0. The molecule has 0 atom stereocenters. The van der Waals surface area contributed by atoms with Crippen molar-refractivity contribution in [2.45, 2.75) is 13.5 Å². The number of rotatable bonds is 6. The summed E-state index contributed by atoms with van der Waals surface area (Å²) in [5.41, 5.74) is 14.3. The van der Waals surface area contributed by atoms with Crippen molar-refractivity contribution >= 4 is 44.8 Å². The van der Waals surface area contributed by atoms with Crippen molar-refractivity contribution in [3.63, 3.8) is 0 Å². The monoisotopic (exact) mass is 440 g/mol. The summed E-state index contributed by atoms with van der Waals surface area (Å²) in [6.45, 7) is 1.70. The van der Waals surface area contributed by atoms with Crippen molar-refractivity contribution in [2.75, 3.05) is 19.5 Å². The first kappa shape index (κ1) is 20.4. The summed E-state index contributed by atoms with van der Waals surface area (Å²) in [5, 5.41) is 8.02. The lowest BCUT2D eigenvalue weighted by Crippen LogP contribution is -2.30. The number of aryl methyl sites for hydroxylation is 1. The van der Waals surface area contributed by atoms with Gasteiger partial charge < -0.3 is 26.3 Å². The highest BCUT2D eigenvalue weighted by Gasteiger charge is 2.19. The molecule has 160 valence electrons. The van der Waals surface area contributed by atoms with E-state index >= 15 is 0 Å². The standard InChI is InChI=1S/C20H20N6O4S/c1-10-3-11-5-15(31-18(11)14(4-10)29-2)13-6-12(7-23-16(27)8-30-20(22)28)26-17(13)19(21)24-9-25-26/h3-6,9H,7-8H2,1-2H3,(H2,22,28)(H,23,27)(H2,21,24,25). The smallest absolute Gasteiger partial charge is 0.405 e. The molecule has 0 fully saturated rings. The Morgan fingerprint density at radius 3 is 2.81 bits per heavy atom. The van der Waals surface area contributed by atoms with Crippen molar-refractivity contribution in [3.8, 4) is 16.2 Å². The second kappa shape index (κ2) is 8.11. The number of nitrogen functional groups attached to an aromatic ring is 1.